The lowest BCUT2D eigenvalue weighted by molar-refractivity contribution is -0.566. The van der Waals surface area contributed by atoms with Gasteiger partial charge in [-0.15, -0.1) is 0 Å². The first-order chi connectivity index (χ1) is 7.86. The van der Waals surface area contributed by atoms with E-state index in [4.69, 9.17) is 11.6 Å². The molecular weight excluding hydrogens is 220 g/mol. The molecule has 0 bridgehead atoms. The van der Waals surface area contributed by atoms with Crippen LogP contribution in [0.4, 0.5) is 0 Å². The Balaban J connectivity index is 2.33. The standard InChI is InChI=1S/C13H9ClN2/c14-11-7-4-8-12-13(11)16(9-15-12)10-5-2-1-3-6-10/h1-9H/p+1. The second-order valence-corrected chi connectivity index (χ2v) is 4.02. The molecule has 0 spiro atoms. The molecule has 0 unspecified atom stereocenters. The van der Waals surface area contributed by atoms with Crippen molar-refractivity contribution in [2.24, 2.45) is 0 Å². The van der Waals surface area contributed by atoms with E-state index in [9.17, 15) is 0 Å². The van der Waals surface area contributed by atoms with Crippen LogP contribution in [0.2, 0.25) is 5.02 Å². The zero-order valence-electron chi connectivity index (χ0n) is 8.52. The van der Waals surface area contributed by atoms with Gasteiger partial charge in [0.1, 0.15) is 5.69 Å². The number of H-pyrrole nitrogens is 1. The number of hydrogen-bond donors (Lipinski definition) is 1. The summed E-state index contributed by atoms with van der Waals surface area (Å²) in [5, 5.41) is 0.752. The van der Waals surface area contributed by atoms with Crippen LogP contribution in [0.15, 0.2) is 54.9 Å². The Kier molecular flexibility index (Phi) is 2.15. The van der Waals surface area contributed by atoms with Gasteiger partial charge in [-0.25, -0.2) is 4.98 Å². The number of hydrogen-bond acceptors (Lipinski definition) is 0. The first kappa shape index (κ1) is 9.43. The summed E-state index contributed by atoms with van der Waals surface area (Å²) in [4.78, 5) is 3.21. The molecule has 1 aromatic heterocycles. The summed E-state index contributed by atoms with van der Waals surface area (Å²) in [6, 6.07) is 16.0. The van der Waals surface area contributed by atoms with E-state index in [2.05, 4.69) is 21.7 Å². The minimum absolute atomic E-state index is 0.752. The Labute approximate surface area is 98.1 Å². The van der Waals surface area contributed by atoms with Gasteiger partial charge in [0.2, 0.25) is 6.33 Å². The van der Waals surface area contributed by atoms with Crippen molar-refractivity contribution in [1.82, 2.24) is 4.98 Å². The summed E-state index contributed by atoms with van der Waals surface area (Å²) in [5.74, 6) is 0. The smallest absolute Gasteiger partial charge is 0.243 e. The van der Waals surface area contributed by atoms with E-state index in [1.165, 1.54) is 0 Å². The van der Waals surface area contributed by atoms with Crippen LogP contribution in [-0.4, -0.2) is 4.98 Å². The lowest BCUT2D eigenvalue weighted by Crippen LogP contribution is -2.28. The van der Waals surface area contributed by atoms with Gasteiger partial charge in [-0.05, 0) is 24.3 Å². The molecule has 0 saturated heterocycles. The Hall–Kier alpha value is -1.80. The molecule has 3 heteroatoms. The third-order valence-corrected chi connectivity index (χ3v) is 2.92. The van der Waals surface area contributed by atoms with Crippen LogP contribution in [0.1, 0.15) is 0 Å². The molecule has 0 atom stereocenters. The summed E-state index contributed by atoms with van der Waals surface area (Å²) in [7, 11) is 0. The molecule has 1 N–H and O–H groups in total. The molecule has 0 aliphatic heterocycles. The maximum Gasteiger partial charge on any atom is 0.247 e. The van der Waals surface area contributed by atoms with Crippen molar-refractivity contribution in [2.45, 2.75) is 0 Å². The van der Waals surface area contributed by atoms with E-state index < -0.39 is 0 Å². The summed E-state index contributed by atoms with van der Waals surface area (Å²) in [6.45, 7) is 0. The number of para-hydroxylation sites is 2. The highest BCUT2D eigenvalue weighted by Gasteiger charge is 2.14. The zero-order chi connectivity index (χ0) is 11.0. The number of imidazole rings is 1. The van der Waals surface area contributed by atoms with E-state index in [-0.39, 0.29) is 0 Å². The Morgan fingerprint density at radius 1 is 0.938 bits per heavy atom. The quantitative estimate of drug-likeness (QED) is 0.619. The topological polar surface area (TPSA) is 19.7 Å². The maximum atomic E-state index is 6.21. The van der Waals surface area contributed by atoms with Crippen molar-refractivity contribution in [3.63, 3.8) is 0 Å². The second-order valence-electron chi connectivity index (χ2n) is 3.61. The first-order valence-corrected chi connectivity index (χ1v) is 5.47. The molecule has 0 radical (unpaired) electrons. The lowest BCUT2D eigenvalue weighted by atomic mass is 10.3. The fraction of sp³-hybridized carbons (Fsp3) is 0. The normalized spacial score (nSPS) is 10.8. The number of halogens is 1. The third kappa shape index (κ3) is 1.39. The van der Waals surface area contributed by atoms with Crippen molar-refractivity contribution in [3.8, 4) is 5.69 Å². The highest BCUT2D eigenvalue weighted by molar-refractivity contribution is 6.34. The predicted octanol–water partition coefficient (Wildman–Crippen LogP) is 3.10. The van der Waals surface area contributed by atoms with E-state index in [0.717, 1.165) is 21.7 Å². The van der Waals surface area contributed by atoms with Gasteiger partial charge in [-0.1, -0.05) is 35.9 Å². The van der Waals surface area contributed by atoms with Crippen molar-refractivity contribution in [2.75, 3.05) is 0 Å². The Morgan fingerprint density at radius 2 is 1.75 bits per heavy atom. The number of benzene rings is 2. The van der Waals surface area contributed by atoms with Crippen molar-refractivity contribution in [3.05, 3.63) is 59.9 Å². The van der Waals surface area contributed by atoms with E-state index in [1.807, 2.05) is 42.7 Å². The molecule has 0 aliphatic carbocycles. The van der Waals surface area contributed by atoms with Gasteiger partial charge in [0, 0.05) is 0 Å². The molecule has 16 heavy (non-hydrogen) atoms. The summed E-state index contributed by atoms with van der Waals surface area (Å²) in [5.41, 5.74) is 3.15. The fourth-order valence-electron chi connectivity index (χ4n) is 1.87. The van der Waals surface area contributed by atoms with Gasteiger partial charge >= 0.3 is 0 Å². The average molecular weight is 230 g/mol. The maximum absolute atomic E-state index is 6.21. The average Bonchev–Trinajstić information content (AvgIpc) is 2.75. The number of aromatic nitrogens is 2. The van der Waals surface area contributed by atoms with Crippen LogP contribution >= 0.6 is 11.6 Å². The van der Waals surface area contributed by atoms with E-state index in [1.54, 1.807) is 0 Å². The summed E-state index contributed by atoms with van der Waals surface area (Å²) >= 11 is 6.21. The molecule has 0 saturated carbocycles. The summed E-state index contributed by atoms with van der Waals surface area (Å²) < 4.78 is 2.05. The second kappa shape index (κ2) is 3.65. The first-order valence-electron chi connectivity index (χ1n) is 5.09. The molecule has 2 aromatic carbocycles. The summed E-state index contributed by atoms with van der Waals surface area (Å²) in [6.07, 6.45) is 1.92. The highest BCUT2D eigenvalue weighted by Crippen LogP contribution is 2.19. The van der Waals surface area contributed by atoms with Crippen LogP contribution in [0.25, 0.3) is 16.7 Å². The molecule has 0 fully saturated rings. The van der Waals surface area contributed by atoms with Crippen molar-refractivity contribution in [1.29, 1.82) is 0 Å². The zero-order valence-corrected chi connectivity index (χ0v) is 9.28. The van der Waals surface area contributed by atoms with Crippen LogP contribution in [0.3, 0.4) is 0 Å². The number of nitrogens with zero attached hydrogens (tertiary/aromatic N) is 1. The van der Waals surface area contributed by atoms with Crippen LogP contribution in [0, 0.1) is 0 Å². The Morgan fingerprint density at radius 3 is 2.56 bits per heavy atom. The highest BCUT2D eigenvalue weighted by atomic mass is 35.5. The van der Waals surface area contributed by atoms with Gasteiger partial charge in [-0.2, -0.15) is 4.57 Å². The fourth-order valence-corrected chi connectivity index (χ4v) is 2.13. The van der Waals surface area contributed by atoms with Crippen LogP contribution in [-0.2, 0) is 0 Å². The van der Waals surface area contributed by atoms with Crippen LogP contribution < -0.4 is 4.57 Å². The van der Waals surface area contributed by atoms with E-state index >= 15 is 0 Å². The molecule has 3 aromatic rings. The minimum Gasteiger partial charge on any atom is -0.243 e. The molecule has 2 nitrogen and oxygen atoms in total. The third-order valence-electron chi connectivity index (χ3n) is 2.61. The largest absolute Gasteiger partial charge is 0.247 e. The Bertz CT molecular complexity index is 629. The van der Waals surface area contributed by atoms with Gasteiger partial charge in [0.05, 0.1) is 5.02 Å². The van der Waals surface area contributed by atoms with Gasteiger partial charge in [-0.3, -0.25) is 0 Å². The molecule has 3 rings (SSSR count). The van der Waals surface area contributed by atoms with Crippen molar-refractivity contribution < 1.29 is 4.57 Å². The molecule has 0 aliphatic rings. The molecule has 0 amide bonds. The van der Waals surface area contributed by atoms with Gasteiger partial charge < -0.3 is 0 Å². The molecular formula is C13H10ClN2+. The molecule has 1 heterocycles. The minimum atomic E-state index is 0.752. The number of aromatic amines is 1. The lowest BCUT2D eigenvalue weighted by Gasteiger charge is -1.97. The SMILES string of the molecule is Clc1cccc2[nH]c[n+](-c3ccccc3)c12. The number of fused-ring (bicyclic) bond motifs is 1. The number of nitrogens with one attached hydrogen (secondary N) is 1. The van der Waals surface area contributed by atoms with Gasteiger partial charge in [0.15, 0.2) is 11.0 Å². The monoisotopic (exact) mass is 229 g/mol. The van der Waals surface area contributed by atoms with Crippen molar-refractivity contribution >= 4 is 22.6 Å². The molecule has 78 valence electrons. The van der Waals surface area contributed by atoms with Crippen LogP contribution in [0.5, 0.6) is 0 Å². The number of rotatable bonds is 1. The van der Waals surface area contributed by atoms with E-state index in [0.29, 0.717) is 0 Å². The predicted molar refractivity (Wildman–Crippen MR) is 64.8 cm³/mol. The van der Waals surface area contributed by atoms with Gasteiger partial charge in [0.25, 0.3) is 0 Å².